The molecular weight excluding hydrogens is 206 g/mol. The van der Waals surface area contributed by atoms with Crippen LogP contribution in [0, 0.1) is 0 Å². The summed E-state index contributed by atoms with van der Waals surface area (Å²) in [5.41, 5.74) is -1.13. The molecule has 94 valence electrons. The van der Waals surface area contributed by atoms with Crippen molar-refractivity contribution in [1.82, 2.24) is 5.32 Å². The maximum absolute atomic E-state index is 11.5. The molecule has 0 spiro atoms. The molecule has 2 N–H and O–H groups in total. The first-order chi connectivity index (χ1) is 7.18. The molecule has 0 radical (unpaired) electrons. The predicted molar refractivity (Wildman–Crippen MR) is 62.2 cm³/mol. The molecule has 0 bridgehead atoms. The fraction of sp³-hybridized carbons (Fsp3) is 0.917. The Morgan fingerprint density at radius 1 is 1.50 bits per heavy atom. The molecule has 1 saturated carbocycles. The summed E-state index contributed by atoms with van der Waals surface area (Å²) >= 11 is 0. The number of alkyl carbamates (subject to hydrolysis) is 1. The van der Waals surface area contributed by atoms with Crippen LogP contribution in [-0.4, -0.2) is 28.4 Å². The number of rotatable bonds is 1. The van der Waals surface area contributed by atoms with Gasteiger partial charge in [0.05, 0.1) is 5.60 Å². The minimum Gasteiger partial charge on any atom is -0.444 e. The number of hydrogen-bond acceptors (Lipinski definition) is 3. The maximum atomic E-state index is 11.5. The van der Waals surface area contributed by atoms with E-state index in [4.69, 9.17) is 4.74 Å². The van der Waals surface area contributed by atoms with E-state index in [-0.39, 0.29) is 6.04 Å². The van der Waals surface area contributed by atoms with Gasteiger partial charge in [0.25, 0.3) is 0 Å². The molecule has 1 fully saturated rings. The summed E-state index contributed by atoms with van der Waals surface area (Å²) in [6, 6.07) is 0.0265. The fourth-order valence-electron chi connectivity index (χ4n) is 2.06. The summed E-state index contributed by atoms with van der Waals surface area (Å²) in [6.45, 7) is 7.33. The van der Waals surface area contributed by atoms with Gasteiger partial charge in [0.15, 0.2) is 0 Å². The third-order valence-electron chi connectivity index (χ3n) is 2.67. The number of hydrogen-bond donors (Lipinski definition) is 2. The highest BCUT2D eigenvalue weighted by Gasteiger charge is 2.31. The van der Waals surface area contributed by atoms with Crippen molar-refractivity contribution in [3.05, 3.63) is 0 Å². The van der Waals surface area contributed by atoms with E-state index in [0.717, 1.165) is 19.3 Å². The zero-order chi connectivity index (χ0) is 12.4. The van der Waals surface area contributed by atoms with Gasteiger partial charge in [0, 0.05) is 6.04 Å². The van der Waals surface area contributed by atoms with Gasteiger partial charge < -0.3 is 15.2 Å². The van der Waals surface area contributed by atoms with E-state index in [1.54, 1.807) is 0 Å². The lowest BCUT2D eigenvalue weighted by atomic mass is 9.83. The first kappa shape index (κ1) is 13.3. The number of aliphatic hydroxyl groups is 1. The molecule has 1 amide bonds. The third-order valence-corrected chi connectivity index (χ3v) is 2.67. The Morgan fingerprint density at radius 2 is 2.12 bits per heavy atom. The topological polar surface area (TPSA) is 58.6 Å². The number of carbonyl (C=O) groups excluding carboxylic acids is 1. The zero-order valence-electron chi connectivity index (χ0n) is 10.7. The molecular formula is C12H23NO3. The van der Waals surface area contributed by atoms with E-state index in [2.05, 4.69) is 5.32 Å². The summed E-state index contributed by atoms with van der Waals surface area (Å²) < 4.78 is 5.18. The Bertz CT molecular complexity index is 255. The summed E-state index contributed by atoms with van der Waals surface area (Å²) in [5, 5.41) is 12.7. The highest BCUT2D eigenvalue weighted by Crippen LogP contribution is 2.27. The standard InChI is InChI=1S/C12H23NO3/c1-11(2,3)16-10(14)13-9-6-5-7-12(4,15)8-9/h9,15H,5-8H2,1-4H3,(H,13,14)/t9-,12+/m1/s1. The number of ether oxygens (including phenoxy) is 1. The van der Waals surface area contributed by atoms with Crippen LogP contribution >= 0.6 is 0 Å². The van der Waals surface area contributed by atoms with Crippen LogP contribution in [0.3, 0.4) is 0 Å². The molecule has 0 unspecified atom stereocenters. The minimum absolute atomic E-state index is 0.0265. The molecule has 0 aromatic rings. The van der Waals surface area contributed by atoms with E-state index >= 15 is 0 Å². The monoisotopic (exact) mass is 229 g/mol. The average molecular weight is 229 g/mol. The molecule has 4 nitrogen and oxygen atoms in total. The van der Waals surface area contributed by atoms with Crippen LogP contribution in [0.2, 0.25) is 0 Å². The molecule has 2 atom stereocenters. The molecule has 16 heavy (non-hydrogen) atoms. The van der Waals surface area contributed by atoms with Gasteiger partial charge in [0.2, 0.25) is 0 Å². The van der Waals surface area contributed by atoms with Gasteiger partial charge in [0.1, 0.15) is 5.60 Å². The molecule has 1 aliphatic carbocycles. The predicted octanol–water partition coefficient (Wildman–Crippen LogP) is 2.20. The lowest BCUT2D eigenvalue weighted by molar-refractivity contribution is 0.00539. The van der Waals surface area contributed by atoms with Gasteiger partial charge in [-0.3, -0.25) is 0 Å². The van der Waals surface area contributed by atoms with Crippen molar-refractivity contribution in [2.24, 2.45) is 0 Å². The lowest BCUT2D eigenvalue weighted by Crippen LogP contribution is -2.45. The van der Waals surface area contributed by atoms with E-state index < -0.39 is 17.3 Å². The molecule has 0 aromatic carbocycles. The molecule has 0 aliphatic heterocycles. The summed E-state index contributed by atoms with van der Waals surface area (Å²) in [7, 11) is 0. The molecule has 0 heterocycles. The summed E-state index contributed by atoms with van der Waals surface area (Å²) in [4.78, 5) is 11.5. The van der Waals surface area contributed by atoms with Gasteiger partial charge in [-0.15, -0.1) is 0 Å². The zero-order valence-corrected chi connectivity index (χ0v) is 10.7. The van der Waals surface area contributed by atoms with Gasteiger partial charge in [-0.1, -0.05) is 0 Å². The van der Waals surface area contributed by atoms with Crippen molar-refractivity contribution < 1.29 is 14.6 Å². The van der Waals surface area contributed by atoms with E-state index in [9.17, 15) is 9.90 Å². The number of carbonyl (C=O) groups is 1. The first-order valence-electron chi connectivity index (χ1n) is 5.90. The first-order valence-corrected chi connectivity index (χ1v) is 5.90. The molecule has 0 saturated heterocycles. The van der Waals surface area contributed by atoms with Crippen molar-refractivity contribution in [1.29, 1.82) is 0 Å². The second kappa shape index (κ2) is 4.62. The smallest absolute Gasteiger partial charge is 0.407 e. The molecule has 1 aliphatic rings. The van der Waals surface area contributed by atoms with Crippen LogP contribution in [-0.2, 0) is 4.74 Å². The number of amides is 1. The Hall–Kier alpha value is -0.770. The lowest BCUT2D eigenvalue weighted by Gasteiger charge is -2.34. The van der Waals surface area contributed by atoms with Crippen LogP contribution in [0.4, 0.5) is 4.79 Å². The third kappa shape index (κ3) is 4.84. The second-order valence-corrected chi connectivity index (χ2v) is 5.94. The average Bonchev–Trinajstić information content (AvgIpc) is 1.96. The minimum atomic E-state index is -0.655. The summed E-state index contributed by atoms with van der Waals surface area (Å²) in [6.07, 6.45) is 2.87. The highest BCUT2D eigenvalue weighted by atomic mass is 16.6. The van der Waals surface area contributed by atoms with Crippen molar-refractivity contribution >= 4 is 6.09 Å². The highest BCUT2D eigenvalue weighted by molar-refractivity contribution is 5.68. The SMILES string of the molecule is CC(C)(C)OC(=O)N[C@@H]1CCC[C@](C)(O)C1. The largest absolute Gasteiger partial charge is 0.444 e. The molecule has 1 rings (SSSR count). The Labute approximate surface area is 97.4 Å². The Kier molecular flexibility index (Phi) is 3.84. The van der Waals surface area contributed by atoms with E-state index in [1.165, 1.54) is 0 Å². The van der Waals surface area contributed by atoms with Crippen molar-refractivity contribution in [2.75, 3.05) is 0 Å². The van der Waals surface area contributed by atoms with Gasteiger partial charge in [-0.2, -0.15) is 0 Å². The molecule has 0 aromatic heterocycles. The maximum Gasteiger partial charge on any atom is 0.407 e. The van der Waals surface area contributed by atoms with E-state index in [0.29, 0.717) is 6.42 Å². The van der Waals surface area contributed by atoms with Crippen molar-refractivity contribution in [2.45, 2.75) is 70.6 Å². The second-order valence-electron chi connectivity index (χ2n) is 5.94. The van der Waals surface area contributed by atoms with Crippen LogP contribution in [0.25, 0.3) is 0 Å². The van der Waals surface area contributed by atoms with Crippen LogP contribution in [0.15, 0.2) is 0 Å². The van der Waals surface area contributed by atoms with Crippen molar-refractivity contribution in [3.63, 3.8) is 0 Å². The van der Waals surface area contributed by atoms with Gasteiger partial charge in [-0.25, -0.2) is 4.79 Å². The Balaban J connectivity index is 2.40. The van der Waals surface area contributed by atoms with Gasteiger partial charge in [-0.05, 0) is 53.4 Å². The van der Waals surface area contributed by atoms with Crippen LogP contribution in [0.1, 0.15) is 53.4 Å². The van der Waals surface area contributed by atoms with Crippen LogP contribution in [0.5, 0.6) is 0 Å². The van der Waals surface area contributed by atoms with Crippen LogP contribution < -0.4 is 5.32 Å². The Morgan fingerprint density at radius 3 is 2.62 bits per heavy atom. The number of nitrogens with one attached hydrogen (secondary N) is 1. The quantitative estimate of drug-likeness (QED) is 0.724. The fourth-order valence-corrected chi connectivity index (χ4v) is 2.06. The normalized spacial score (nSPS) is 30.9. The van der Waals surface area contributed by atoms with Gasteiger partial charge >= 0.3 is 6.09 Å². The molecule has 4 heteroatoms. The summed E-state index contributed by atoms with van der Waals surface area (Å²) in [5.74, 6) is 0. The van der Waals surface area contributed by atoms with Crippen molar-refractivity contribution in [3.8, 4) is 0 Å². The van der Waals surface area contributed by atoms with E-state index in [1.807, 2.05) is 27.7 Å².